The number of esters is 1. The monoisotopic (exact) mass is 1170 g/mol. The van der Waals surface area contributed by atoms with Crippen LogP contribution in [-0.4, -0.2) is 5.97 Å². The van der Waals surface area contributed by atoms with Gasteiger partial charge >= 0.3 is 5.97 Å². The number of rotatable bonds is 36. The third kappa shape index (κ3) is 14.9. The number of unbranched alkanes of at least 4 members (excludes halogenated alkanes) is 20. The van der Waals surface area contributed by atoms with Gasteiger partial charge in [0, 0.05) is 34.0 Å². The van der Waals surface area contributed by atoms with Gasteiger partial charge in [-0.15, -0.1) is 0 Å². The van der Waals surface area contributed by atoms with Crippen molar-refractivity contribution in [2.75, 3.05) is 4.90 Å². The molecule has 0 spiro atoms. The summed E-state index contributed by atoms with van der Waals surface area (Å²) in [5, 5.41) is 0. The average Bonchev–Trinajstić information content (AvgIpc) is 1.57. The van der Waals surface area contributed by atoms with Crippen LogP contribution in [0.1, 0.15) is 230 Å². The molecule has 0 fully saturated rings. The normalized spacial score (nSPS) is 13.2. The highest BCUT2D eigenvalue weighted by molar-refractivity contribution is 5.92. The van der Waals surface area contributed by atoms with Gasteiger partial charge in [0.25, 0.3) is 0 Å². The Bertz CT molecular complexity index is 3430. The van der Waals surface area contributed by atoms with Gasteiger partial charge < -0.3 is 9.64 Å². The lowest BCUT2D eigenvalue weighted by atomic mass is 9.68. The van der Waals surface area contributed by atoms with E-state index in [9.17, 15) is 4.79 Å². The molecular weight excluding hydrogens is 1070 g/mol. The fourth-order valence-corrected chi connectivity index (χ4v) is 15.1. The minimum absolute atomic E-state index is 0.0379. The van der Waals surface area contributed by atoms with E-state index in [4.69, 9.17) is 4.74 Å². The molecule has 10 rings (SSSR count). The molecule has 0 bridgehead atoms. The number of ether oxygens (including phenoxy) is 1. The molecule has 2 aliphatic rings. The van der Waals surface area contributed by atoms with Crippen LogP contribution in [0.3, 0.4) is 0 Å². The number of nitrogens with zero attached hydrogens (tertiary/aromatic N) is 1. The van der Waals surface area contributed by atoms with Crippen molar-refractivity contribution in [3.8, 4) is 61.4 Å². The van der Waals surface area contributed by atoms with Crippen LogP contribution in [0.15, 0.2) is 195 Å². The highest BCUT2D eigenvalue weighted by atomic mass is 16.5. The molecule has 0 saturated heterocycles. The lowest BCUT2D eigenvalue weighted by molar-refractivity contribution is -0.128. The van der Waals surface area contributed by atoms with E-state index in [0.29, 0.717) is 5.75 Å². The van der Waals surface area contributed by atoms with Gasteiger partial charge in [-0.2, -0.15) is 0 Å². The number of hydrogen-bond acceptors (Lipinski definition) is 3. The zero-order chi connectivity index (χ0) is 61.0. The fourth-order valence-electron chi connectivity index (χ4n) is 15.1. The highest BCUT2D eigenvalue weighted by Crippen LogP contribution is 2.62. The van der Waals surface area contributed by atoms with Gasteiger partial charge in [0.15, 0.2) is 0 Å². The molecule has 0 aliphatic heterocycles. The van der Waals surface area contributed by atoms with Crippen LogP contribution < -0.4 is 9.64 Å². The lowest BCUT2D eigenvalue weighted by Gasteiger charge is -2.35. The summed E-state index contributed by atoms with van der Waals surface area (Å²) >= 11 is 0. The molecule has 8 aromatic rings. The van der Waals surface area contributed by atoms with Crippen molar-refractivity contribution in [3.63, 3.8) is 0 Å². The standard InChI is InChI=1S/C85H101NO2/c1-6-11-15-19-23-33-57-84(58-34-24-20-16-12-7-2)79-61-69(66-39-31-28-32-40-66)45-55-75(79)77-63-82-78(64-81(77)84)76-56-46-70(62-80(76)85(82,59-35-25-21-17-13-8-3)60-36-26-22-18-14-9-4)68-43-49-72(50-44-68)86(73-51-53-74(54-52-73)88-83(87)10-5)71-47-41-67(42-48-71)65-37-29-27-30-38-65/h10,27-32,37-56,61-64H,5-9,11-26,33-36,57-60H2,1-4H3. The Morgan fingerprint density at radius 1 is 0.341 bits per heavy atom. The zero-order valence-corrected chi connectivity index (χ0v) is 54.2. The van der Waals surface area contributed by atoms with E-state index in [0.717, 1.165) is 17.1 Å². The van der Waals surface area contributed by atoms with Gasteiger partial charge in [-0.3, -0.25) is 0 Å². The summed E-state index contributed by atoms with van der Waals surface area (Å²) < 4.78 is 5.53. The minimum atomic E-state index is -0.471. The molecule has 88 heavy (non-hydrogen) atoms. The number of hydrogen-bond donors (Lipinski definition) is 0. The van der Waals surface area contributed by atoms with Crippen molar-refractivity contribution in [2.45, 2.75) is 218 Å². The molecule has 0 atom stereocenters. The molecule has 0 aromatic heterocycles. The second-order valence-corrected chi connectivity index (χ2v) is 26.0. The van der Waals surface area contributed by atoms with Crippen molar-refractivity contribution >= 4 is 23.0 Å². The lowest BCUT2D eigenvalue weighted by Crippen LogP contribution is -2.27. The topological polar surface area (TPSA) is 29.5 Å². The molecule has 3 nitrogen and oxygen atoms in total. The first kappa shape index (κ1) is 63.8. The van der Waals surface area contributed by atoms with Gasteiger partial charge in [-0.25, -0.2) is 4.79 Å². The van der Waals surface area contributed by atoms with Crippen molar-refractivity contribution in [1.82, 2.24) is 0 Å². The van der Waals surface area contributed by atoms with Crippen LogP contribution in [0.2, 0.25) is 0 Å². The maximum Gasteiger partial charge on any atom is 0.335 e. The predicted octanol–water partition coefficient (Wildman–Crippen LogP) is 25.8. The van der Waals surface area contributed by atoms with E-state index in [1.165, 1.54) is 241 Å². The SMILES string of the molecule is C=CC(=O)Oc1ccc(N(c2ccc(-c3ccccc3)cc2)c2ccc(-c3ccc4c(c3)C(CCCCCCCC)(CCCCCCCC)c3cc5c(cc3-4)C(CCCCCCCC)(CCCCCCCC)c3cc(-c4ccccc4)ccc3-5)cc2)cc1. The first-order chi connectivity index (χ1) is 43.3. The molecule has 0 amide bonds. The van der Waals surface area contributed by atoms with Crippen LogP contribution in [0, 0.1) is 0 Å². The van der Waals surface area contributed by atoms with Gasteiger partial charge in [0.2, 0.25) is 0 Å². The number of carbonyl (C=O) groups is 1. The largest absolute Gasteiger partial charge is 0.423 e. The van der Waals surface area contributed by atoms with Crippen LogP contribution in [0.4, 0.5) is 17.1 Å². The summed E-state index contributed by atoms with van der Waals surface area (Å²) in [6, 6.07) is 68.6. The smallest absolute Gasteiger partial charge is 0.335 e. The van der Waals surface area contributed by atoms with Crippen LogP contribution in [0.5, 0.6) is 5.75 Å². The fraction of sp³-hybridized carbons (Fsp3) is 0.400. The second-order valence-electron chi connectivity index (χ2n) is 26.0. The molecule has 458 valence electrons. The molecule has 8 aromatic carbocycles. The Balaban J connectivity index is 1.09. The number of fused-ring (bicyclic) bond motifs is 6. The Morgan fingerprint density at radius 2 is 0.636 bits per heavy atom. The van der Waals surface area contributed by atoms with Gasteiger partial charge in [0.1, 0.15) is 5.75 Å². The van der Waals surface area contributed by atoms with Crippen molar-refractivity contribution in [1.29, 1.82) is 0 Å². The maximum absolute atomic E-state index is 12.2. The van der Waals surface area contributed by atoms with E-state index in [2.05, 4.69) is 197 Å². The van der Waals surface area contributed by atoms with Gasteiger partial charge in [0.05, 0.1) is 0 Å². The number of carbonyl (C=O) groups excluding carboxylic acids is 1. The highest BCUT2D eigenvalue weighted by Gasteiger charge is 2.48. The minimum Gasteiger partial charge on any atom is -0.423 e. The van der Waals surface area contributed by atoms with Gasteiger partial charge in [-0.05, 0) is 176 Å². The molecular formula is C85H101NO2. The van der Waals surface area contributed by atoms with Crippen LogP contribution in [-0.2, 0) is 15.6 Å². The van der Waals surface area contributed by atoms with E-state index >= 15 is 0 Å². The molecule has 3 heteroatoms. The van der Waals surface area contributed by atoms with E-state index in [-0.39, 0.29) is 10.8 Å². The summed E-state index contributed by atoms with van der Waals surface area (Å²) in [6.07, 6.45) is 37.2. The molecule has 0 N–H and O–H groups in total. The van der Waals surface area contributed by atoms with Crippen molar-refractivity contribution < 1.29 is 9.53 Å². The Morgan fingerprint density at radius 3 is 1.00 bits per heavy atom. The first-order valence-electron chi connectivity index (χ1n) is 34.9. The Hall–Kier alpha value is -7.23. The summed E-state index contributed by atoms with van der Waals surface area (Å²) in [6.45, 7) is 13.0. The van der Waals surface area contributed by atoms with Gasteiger partial charge in [-0.1, -0.05) is 298 Å². The molecule has 2 aliphatic carbocycles. The van der Waals surface area contributed by atoms with E-state index < -0.39 is 5.97 Å². The van der Waals surface area contributed by atoms with Crippen LogP contribution >= 0.6 is 0 Å². The average molecular weight is 1170 g/mol. The van der Waals surface area contributed by atoms with Crippen molar-refractivity contribution in [2.24, 2.45) is 0 Å². The predicted molar refractivity (Wildman–Crippen MR) is 378 cm³/mol. The van der Waals surface area contributed by atoms with Crippen molar-refractivity contribution in [3.05, 3.63) is 217 Å². The Labute approximate surface area is 531 Å². The number of benzene rings is 8. The molecule has 0 unspecified atom stereocenters. The summed E-state index contributed by atoms with van der Waals surface area (Å²) in [5.41, 5.74) is 22.8. The van der Waals surface area contributed by atoms with E-state index in [1.807, 2.05) is 24.3 Å². The Kier molecular flexibility index (Phi) is 23.0. The third-order valence-corrected chi connectivity index (χ3v) is 19.9. The zero-order valence-electron chi connectivity index (χ0n) is 54.2. The summed E-state index contributed by atoms with van der Waals surface area (Å²) in [4.78, 5) is 14.5. The molecule has 0 radical (unpaired) electrons. The maximum atomic E-state index is 12.2. The summed E-state index contributed by atoms with van der Waals surface area (Å²) in [7, 11) is 0. The summed E-state index contributed by atoms with van der Waals surface area (Å²) in [5.74, 6) is 0.0137. The molecule has 0 heterocycles. The van der Waals surface area contributed by atoms with Crippen LogP contribution in [0.25, 0.3) is 55.6 Å². The molecule has 0 saturated carbocycles. The number of anilines is 3. The van der Waals surface area contributed by atoms with E-state index in [1.54, 1.807) is 22.3 Å². The quantitative estimate of drug-likeness (QED) is 0.0170. The second kappa shape index (κ2) is 31.8. The first-order valence-corrected chi connectivity index (χ1v) is 34.9. The third-order valence-electron chi connectivity index (χ3n) is 19.9.